The van der Waals surface area contributed by atoms with Crippen LogP contribution in [0.5, 0.6) is 5.75 Å². The lowest BCUT2D eigenvalue weighted by molar-refractivity contribution is 0.0831. The fourth-order valence-corrected chi connectivity index (χ4v) is 2.18. The fourth-order valence-electron chi connectivity index (χ4n) is 1.54. The highest BCUT2D eigenvalue weighted by Crippen LogP contribution is 2.33. The minimum Gasteiger partial charge on any atom is -0.494 e. The highest BCUT2D eigenvalue weighted by molar-refractivity contribution is 6.37. The molecule has 1 aromatic carbocycles. The third-order valence-corrected chi connectivity index (χ3v) is 3.06. The van der Waals surface area contributed by atoms with Crippen LogP contribution in [0.15, 0.2) is 34.9 Å². The zero-order valence-electron chi connectivity index (χ0n) is 10.8. The van der Waals surface area contributed by atoms with Crippen molar-refractivity contribution in [3.05, 3.63) is 51.9 Å². The van der Waals surface area contributed by atoms with Crippen molar-refractivity contribution in [3.63, 3.8) is 0 Å². The van der Waals surface area contributed by atoms with E-state index in [1.807, 2.05) is 0 Å². The second-order valence-corrected chi connectivity index (χ2v) is 4.67. The number of carbonyl (C=O) groups is 2. The Morgan fingerprint density at radius 3 is 2.29 bits per heavy atom. The summed E-state index contributed by atoms with van der Waals surface area (Å²) in [7, 11) is 1.41. The Hall–Kier alpha value is -2.18. The summed E-state index contributed by atoms with van der Waals surface area (Å²) in [5.74, 6) is -0.823. The molecule has 0 atom stereocenters. The number of halogens is 2. The maximum Gasteiger partial charge on any atom is 0.305 e. The van der Waals surface area contributed by atoms with Gasteiger partial charge in [0.2, 0.25) is 0 Å². The summed E-state index contributed by atoms with van der Waals surface area (Å²) < 4.78 is 9.86. The Kier molecular flexibility index (Phi) is 4.72. The fraction of sp³-hybridized carbons (Fsp3) is 0.0769. The smallest absolute Gasteiger partial charge is 0.305 e. The summed E-state index contributed by atoms with van der Waals surface area (Å²) >= 11 is 11.9. The Labute approximate surface area is 129 Å². The maximum atomic E-state index is 11.9. The molecule has 2 rings (SSSR count). The molecule has 0 aliphatic carbocycles. The summed E-state index contributed by atoms with van der Waals surface area (Å²) in [6, 6.07) is 5.77. The molecule has 2 amide bonds. The summed E-state index contributed by atoms with van der Waals surface area (Å²) in [5, 5.41) is 0.375. The van der Waals surface area contributed by atoms with Gasteiger partial charge < -0.3 is 9.15 Å². The molecule has 2 N–H and O–H groups in total. The largest absolute Gasteiger partial charge is 0.494 e. The van der Waals surface area contributed by atoms with Crippen LogP contribution < -0.4 is 15.6 Å². The lowest BCUT2D eigenvalue weighted by atomic mass is 10.2. The first-order valence-electron chi connectivity index (χ1n) is 5.70. The molecule has 1 aromatic heterocycles. The third kappa shape index (κ3) is 3.48. The van der Waals surface area contributed by atoms with Crippen molar-refractivity contribution >= 4 is 35.0 Å². The lowest BCUT2D eigenvalue weighted by Crippen LogP contribution is -2.41. The minimum atomic E-state index is -0.584. The number of methoxy groups -OCH3 is 1. The average Bonchev–Trinajstić information content (AvgIpc) is 2.98. The Balaban J connectivity index is 2.06. The molecule has 2 aromatic rings. The molecule has 0 aliphatic heterocycles. The van der Waals surface area contributed by atoms with Crippen LogP contribution in [0.4, 0.5) is 0 Å². The van der Waals surface area contributed by atoms with E-state index >= 15 is 0 Å². The first kappa shape index (κ1) is 15.2. The van der Waals surface area contributed by atoms with Crippen LogP contribution in [0, 0.1) is 0 Å². The molecule has 0 spiro atoms. The van der Waals surface area contributed by atoms with Gasteiger partial charge in [0, 0.05) is 5.56 Å². The first-order valence-corrected chi connectivity index (χ1v) is 6.45. The van der Waals surface area contributed by atoms with Crippen molar-refractivity contribution in [2.24, 2.45) is 0 Å². The first-order chi connectivity index (χ1) is 10.0. The molecule has 0 aliphatic rings. The van der Waals surface area contributed by atoms with E-state index in [2.05, 4.69) is 10.9 Å². The maximum absolute atomic E-state index is 11.9. The molecule has 8 heteroatoms. The van der Waals surface area contributed by atoms with E-state index in [4.69, 9.17) is 32.4 Å². The van der Waals surface area contributed by atoms with E-state index in [-0.39, 0.29) is 27.1 Å². The number of hydrogen-bond acceptors (Lipinski definition) is 4. The second-order valence-electron chi connectivity index (χ2n) is 3.86. The van der Waals surface area contributed by atoms with Gasteiger partial charge in [-0.15, -0.1) is 0 Å². The highest BCUT2D eigenvalue weighted by Gasteiger charge is 2.15. The number of benzene rings is 1. The molecule has 0 fully saturated rings. The predicted molar refractivity (Wildman–Crippen MR) is 76.7 cm³/mol. The number of carbonyl (C=O) groups excluding carboxylic acids is 2. The number of hydrogen-bond donors (Lipinski definition) is 2. The number of hydrazine groups is 1. The van der Waals surface area contributed by atoms with Gasteiger partial charge in [0.05, 0.1) is 23.4 Å². The molecular weight excluding hydrogens is 319 g/mol. The summed E-state index contributed by atoms with van der Waals surface area (Å²) in [6.45, 7) is 0. The van der Waals surface area contributed by atoms with Gasteiger partial charge in [-0.25, -0.2) is 0 Å². The topological polar surface area (TPSA) is 80.6 Å². The van der Waals surface area contributed by atoms with Gasteiger partial charge >= 0.3 is 5.91 Å². The average molecular weight is 329 g/mol. The minimum absolute atomic E-state index is 0.0705. The summed E-state index contributed by atoms with van der Waals surface area (Å²) in [6.07, 6.45) is 1.35. The van der Waals surface area contributed by atoms with Gasteiger partial charge in [0.25, 0.3) is 5.91 Å². The van der Waals surface area contributed by atoms with Crippen LogP contribution in [0.2, 0.25) is 10.0 Å². The molecule has 0 saturated carbocycles. The molecule has 21 heavy (non-hydrogen) atoms. The standard InChI is InChI=1S/C13H10Cl2N2O4/c1-20-11-8(14)5-7(6-9(11)15)12(18)16-17-13(19)10-3-2-4-21-10/h2-6H,1H3,(H,16,18)(H,17,19). The molecule has 110 valence electrons. The normalized spacial score (nSPS) is 10.0. The number of amides is 2. The SMILES string of the molecule is COc1c(Cl)cc(C(=O)NNC(=O)c2ccco2)cc1Cl. The number of nitrogens with one attached hydrogen (secondary N) is 2. The van der Waals surface area contributed by atoms with Gasteiger partial charge in [0.1, 0.15) is 0 Å². The van der Waals surface area contributed by atoms with E-state index in [1.54, 1.807) is 6.07 Å². The van der Waals surface area contributed by atoms with Crippen molar-refractivity contribution in [2.75, 3.05) is 7.11 Å². The van der Waals surface area contributed by atoms with E-state index in [0.29, 0.717) is 0 Å². The summed E-state index contributed by atoms with van der Waals surface area (Å²) in [4.78, 5) is 23.5. The van der Waals surface area contributed by atoms with E-state index < -0.39 is 11.8 Å². The van der Waals surface area contributed by atoms with E-state index in [1.165, 1.54) is 31.6 Å². The zero-order chi connectivity index (χ0) is 15.4. The van der Waals surface area contributed by atoms with Crippen molar-refractivity contribution in [2.45, 2.75) is 0 Å². The monoisotopic (exact) mass is 328 g/mol. The molecular formula is C13H10Cl2N2O4. The van der Waals surface area contributed by atoms with Gasteiger partial charge in [-0.1, -0.05) is 23.2 Å². The Morgan fingerprint density at radius 1 is 1.14 bits per heavy atom. The lowest BCUT2D eigenvalue weighted by Gasteiger charge is -2.09. The van der Waals surface area contributed by atoms with Gasteiger partial charge in [-0.2, -0.15) is 0 Å². The second kappa shape index (κ2) is 6.51. The van der Waals surface area contributed by atoms with Gasteiger partial charge in [0.15, 0.2) is 11.5 Å². The Morgan fingerprint density at radius 2 is 1.76 bits per heavy atom. The van der Waals surface area contributed by atoms with Crippen molar-refractivity contribution in [1.29, 1.82) is 0 Å². The zero-order valence-corrected chi connectivity index (χ0v) is 12.3. The van der Waals surface area contributed by atoms with Crippen LogP contribution in [-0.4, -0.2) is 18.9 Å². The predicted octanol–water partition coefficient (Wildman–Crippen LogP) is 2.67. The number of ether oxygens (including phenoxy) is 1. The van der Waals surface area contributed by atoms with Crippen molar-refractivity contribution in [3.8, 4) is 5.75 Å². The highest BCUT2D eigenvalue weighted by atomic mass is 35.5. The third-order valence-electron chi connectivity index (χ3n) is 2.50. The molecule has 0 unspecified atom stereocenters. The molecule has 1 heterocycles. The van der Waals surface area contributed by atoms with Gasteiger partial charge in [-0.05, 0) is 24.3 Å². The Bertz CT molecular complexity index is 648. The van der Waals surface area contributed by atoms with Crippen LogP contribution in [0.25, 0.3) is 0 Å². The number of rotatable bonds is 3. The van der Waals surface area contributed by atoms with Crippen LogP contribution in [-0.2, 0) is 0 Å². The summed E-state index contributed by atoms with van der Waals surface area (Å²) in [5.41, 5.74) is 4.60. The molecule has 6 nitrogen and oxygen atoms in total. The quantitative estimate of drug-likeness (QED) is 0.849. The molecule has 0 bridgehead atoms. The van der Waals surface area contributed by atoms with Gasteiger partial charge in [-0.3, -0.25) is 20.4 Å². The van der Waals surface area contributed by atoms with Crippen LogP contribution in [0.3, 0.4) is 0 Å². The van der Waals surface area contributed by atoms with Crippen LogP contribution >= 0.6 is 23.2 Å². The van der Waals surface area contributed by atoms with Crippen molar-refractivity contribution in [1.82, 2.24) is 10.9 Å². The number of furan rings is 1. The molecule has 0 radical (unpaired) electrons. The van der Waals surface area contributed by atoms with Crippen molar-refractivity contribution < 1.29 is 18.7 Å². The molecule has 0 saturated heterocycles. The van der Waals surface area contributed by atoms with E-state index in [9.17, 15) is 9.59 Å². The van der Waals surface area contributed by atoms with Crippen LogP contribution in [0.1, 0.15) is 20.9 Å². The van der Waals surface area contributed by atoms with E-state index in [0.717, 1.165) is 0 Å².